The fraction of sp³-hybridized carbons (Fsp3) is 0.391. The Morgan fingerprint density at radius 2 is 2.03 bits per heavy atom. The summed E-state index contributed by atoms with van der Waals surface area (Å²) in [6.45, 7) is 0.317. The molecular weight excluding hydrogens is 366 g/mol. The Morgan fingerprint density at radius 3 is 2.83 bits per heavy atom. The lowest BCUT2D eigenvalue weighted by Gasteiger charge is -2.21. The summed E-state index contributed by atoms with van der Waals surface area (Å²) < 4.78 is 13.3. The molecule has 2 aromatic heterocycles. The Labute approximate surface area is 170 Å². The van der Waals surface area contributed by atoms with Crippen LogP contribution >= 0.6 is 0 Å². The molecule has 1 aliphatic carbocycles. The molecule has 1 saturated carbocycles. The Balaban J connectivity index is 1.41. The highest BCUT2D eigenvalue weighted by Crippen LogP contribution is 2.32. The van der Waals surface area contributed by atoms with Gasteiger partial charge in [-0.25, -0.2) is 4.98 Å². The van der Waals surface area contributed by atoms with E-state index in [2.05, 4.69) is 10.3 Å². The molecule has 1 aliphatic rings. The molecule has 0 spiro atoms. The molecule has 0 radical (unpaired) electrons. The largest absolute Gasteiger partial charge is 0.493 e. The molecule has 1 N–H and O–H groups in total. The standard InChI is InChI=1S/C23H27N3O3/c1-28-20-11-10-18(25-23(27)13-17-7-3-2-4-8-17)14-21(20)29-16-19-15-26-12-6-5-9-22(26)24-19/h5-6,9-12,14-15,17H,2-4,7-8,13,16H2,1H3,(H,25,27). The summed E-state index contributed by atoms with van der Waals surface area (Å²) in [7, 11) is 1.61. The van der Waals surface area contributed by atoms with E-state index in [1.54, 1.807) is 7.11 Å². The molecule has 3 aromatic rings. The Hall–Kier alpha value is -3.02. The predicted octanol–water partition coefficient (Wildman–Crippen LogP) is 4.83. The number of aromatic nitrogens is 2. The normalized spacial score (nSPS) is 14.7. The summed E-state index contributed by atoms with van der Waals surface area (Å²) in [5.74, 6) is 1.78. The number of nitrogens with zero attached hydrogens (tertiary/aromatic N) is 2. The highest BCUT2D eigenvalue weighted by Gasteiger charge is 2.17. The zero-order chi connectivity index (χ0) is 20.1. The SMILES string of the molecule is COc1ccc(NC(=O)CC2CCCCC2)cc1OCc1cn2ccccc2n1. The van der Waals surface area contributed by atoms with Crippen molar-refractivity contribution < 1.29 is 14.3 Å². The number of pyridine rings is 1. The number of methoxy groups -OCH3 is 1. The number of anilines is 1. The quantitative estimate of drug-likeness (QED) is 0.624. The molecule has 4 rings (SSSR count). The zero-order valence-corrected chi connectivity index (χ0v) is 16.8. The molecule has 0 aliphatic heterocycles. The zero-order valence-electron chi connectivity index (χ0n) is 16.8. The van der Waals surface area contributed by atoms with Crippen LogP contribution in [0.3, 0.4) is 0 Å². The van der Waals surface area contributed by atoms with Gasteiger partial charge in [0, 0.05) is 30.6 Å². The van der Waals surface area contributed by atoms with Crippen molar-refractivity contribution >= 4 is 17.2 Å². The number of benzene rings is 1. The number of amides is 1. The van der Waals surface area contributed by atoms with Crippen molar-refractivity contribution in [3.63, 3.8) is 0 Å². The second kappa shape index (κ2) is 8.99. The molecular formula is C23H27N3O3. The van der Waals surface area contributed by atoms with Gasteiger partial charge in [0.2, 0.25) is 5.91 Å². The van der Waals surface area contributed by atoms with Gasteiger partial charge >= 0.3 is 0 Å². The fourth-order valence-corrected chi connectivity index (χ4v) is 3.94. The van der Waals surface area contributed by atoms with E-state index in [9.17, 15) is 4.79 Å². The molecule has 1 fully saturated rings. The number of carbonyl (C=O) groups excluding carboxylic acids is 1. The Morgan fingerprint density at radius 1 is 1.17 bits per heavy atom. The first-order valence-corrected chi connectivity index (χ1v) is 10.2. The number of ether oxygens (including phenoxy) is 2. The summed E-state index contributed by atoms with van der Waals surface area (Å²) in [5.41, 5.74) is 2.42. The van der Waals surface area contributed by atoms with Crippen molar-refractivity contribution in [3.8, 4) is 11.5 Å². The van der Waals surface area contributed by atoms with Crippen LogP contribution in [0.15, 0.2) is 48.8 Å². The first-order valence-electron chi connectivity index (χ1n) is 10.2. The smallest absolute Gasteiger partial charge is 0.224 e. The molecule has 152 valence electrons. The van der Waals surface area contributed by atoms with E-state index in [0.717, 1.165) is 29.9 Å². The summed E-state index contributed by atoms with van der Waals surface area (Å²) >= 11 is 0. The number of nitrogens with one attached hydrogen (secondary N) is 1. The maximum absolute atomic E-state index is 12.4. The highest BCUT2D eigenvalue weighted by atomic mass is 16.5. The minimum absolute atomic E-state index is 0.0633. The van der Waals surface area contributed by atoms with Crippen LogP contribution in [-0.2, 0) is 11.4 Å². The fourth-order valence-electron chi connectivity index (χ4n) is 3.94. The minimum atomic E-state index is 0.0633. The summed E-state index contributed by atoms with van der Waals surface area (Å²) in [5, 5.41) is 3.01. The van der Waals surface area contributed by atoms with Gasteiger partial charge < -0.3 is 19.2 Å². The third kappa shape index (κ3) is 4.88. The number of imidazole rings is 1. The maximum Gasteiger partial charge on any atom is 0.224 e. The van der Waals surface area contributed by atoms with E-state index in [4.69, 9.17) is 9.47 Å². The van der Waals surface area contributed by atoms with Crippen LogP contribution in [0.2, 0.25) is 0 Å². The molecule has 6 heteroatoms. The van der Waals surface area contributed by atoms with Crippen LogP contribution < -0.4 is 14.8 Å². The molecule has 0 bridgehead atoms. The third-order valence-corrected chi connectivity index (χ3v) is 5.44. The van der Waals surface area contributed by atoms with Gasteiger partial charge in [-0.15, -0.1) is 0 Å². The molecule has 0 saturated heterocycles. The van der Waals surface area contributed by atoms with Crippen molar-refractivity contribution in [2.24, 2.45) is 5.92 Å². The van der Waals surface area contributed by atoms with Crippen LogP contribution in [0.1, 0.15) is 44.2 Å². The third-order valence-electron chi connectivity index (χ3n) is 5.44. The molecule has 1 amide bonds. The van der Waals surface area contributed by atoms with Gasteiger partial charge in [-0.1, -0.05) is 25.3 Å². The summed E-state index contributed by atoms with van der Waals surface area (Å²) in [4.78, 5) is 17.0. The first-order chi connectivity index (χ1) is 14.2. The van der Waals surface area contributed by atoms with Gasteiger partial charge in [-0.2, -0.15) is 0 Å². The second-order valence-corrected chi connectivity index (χ2v) is 7.61. The Bertz CT molecular complexity index is 943. The number of carbonyl (C=O) groups is 1. The predicted molar refractivity (Wildman–Crippen MR) is 112 cm³/mol. The van der Waals surface area contributed by atoms with Gasteiger partial charge in [-0.05, 0) is 43.0 Å². The minimum Gasteiger partial charge on any atom is -0.493 e. The molecule has 2 heterocycles. The lowest BCUT2D eigenvalue weighted by molar-refractivity contribution is -0.117. The Kier molecular flexibility index (Phi) is 5.98. The lowest BCUT2D eigenvalue weighted by Crippen LogP contribution is -2.18. The van der Waals surface area contributed by atoms with Crippen molar-refractivity contribution in [2.75, 3.05) is 12.4 Å². The van der Waals surface area contributed by atoms with Crippen LogP contribution in [-0.4, -0.2) is 22.4 Å². The van der Waals surface area contributed by atoms with Crippen molar-refractivity contribution in [1.82, 2.24) is 9.38 Å². The van der Waals surface area contributed by atoms with E-state index < -0.39 is 0 Å². The van der Waals surface area contributed by atoms with E-state index in [0.29, 0.717) is 30.4 Å². The lowest BCUT2D eigenvalue weighted by atomic mass is 9.87. The van der Waals surface area contributed by atoms with Crippen LogP contribution in [0.4, 0.5) is 5.69 Å². The average Bonchev–Trinajstić information content (AvgIpc) is 3.16. The van der Waals surface area contributed by atoms with E-state index >= 15 is 0 Å². The molecule has 29 heavy (non-hydrogen) atoms. The van der Waals surface area contributed by atoms with Gasteiger partial charge in [0.1, 0.15) is 12.3 Å². The molecule has 0 unspecified atom stereocenters. The molecule has 6 nitrogen and oxygen atoms in total. The summed E-state index contributed by atoms with van der Waals surface area (Å²) in [6.07, 6.45) is 10.6. The van der Waals surface area contributed by atoms with Crippen LogP contribution in [0.5, 0.6) is 11.5 Å². The van der Waals surface area contributed by atoms with Crippen molar-refractivity contribution in [3.05, 3.63) is 54.5 Å². The van der Waals surface area contributed by atoms with E-state index in [-0.39, 0.29) is 5.91 Å². The van der Waals surface area contributed by atoms with Crippen LogP contribution in [0, 0.1) is 5.92 Å². The second-order valence-electron chi connectivity index (χ2n) is 7.61. The van der Waals surface area contributed by atoms with Crippen molar-refractivity contribution in [1.29, 1.82) is 0 Å². The number of rotatable bonds is 7. The molecule has 1 aromatic carbocycles. The van der Waals surface area contributed by atoms with E-state index in [1.807, 2.05) is 53.2 Å². The monoisotopic (exact) mass is 393 g/mol. The van der Waals surface area contributed by atoms with Crippen molar-refractivity contribution in [2.45, 2.75) is 45.1 Å². The summed E-state index contributed by atoms with van der Waals surface area (Å²) in [6, 6.07) is 11.3. The van der Waals surface area contributed by atoms with Gasteiger partial charge in [-0.3, -0.25) is 4.79 Å². The molecule has 0 atom stereocenters. The number of hydrogen-bond acceptors (Lipinski definition) is 4. The van der Waals surface area contributed by atoms with E-state index in [1.165, 1.54) is 19.3 Å². The number of fused-ring (bicyclic) bond motifs is 1. The average molecular weight is 393 g/mol. The van der Waals surface area contributed by atoms with Gasteiger partial charge in [0.25, 0.3) is 0 Å². The van der Waals surface area contributed by atoms with Gasteiger partial charge in [0.15, 0.2) is 11.5 Å². The number of hydrogen-bond donors (Lipinski definition) is 1. The first kappa shape index (κ1) is 19.3. The van der Waals surface area contributed by atoms with Crippen LogP contribution in [0.25, 0.3) is 5.65 Å². The topological polar surface area (TPSA) is 64.9 Å². The maximum atomic E-state index is 12.4. The highest BCUT2D eigenvalue weighted by molar-refractivity contribution is 5.91. The van der Waals surface area contributed by atoms with Gasteiger partial charge in [0.05, 0.1) is 12.8 Å².